The van der Waals surface area contributed by atoms with Gasteiger partial charge in [0.15, 0.2) is 0 Å². The van der Waals surface area contributed by atoms with E-state index in [1.165, 1.54) is 12.1 Å². The van der Waals surface area contributed by atoms with E-state index >= 15 is 0 Å². The van der Waals surface area contributed by atoms with Crippen LogP contribution in [0.4, 0.5) is 8.78 Å². The summed E-state index contributed by atoms with van der Waals surface area (Å²) in [5.74, 6) is -3.67. The van der Waals surface area contributed by atoms with Crippen LogP contribution in [0.1, 0.15) is 35.5 Å². The van der Waals surface area contributed by atoms with Crippen molar-refractivity contribution in [1.29, 1.82) is 0 Å². The molecule has 0 N–H and O–H groups in total. The largest absolute Gasteiger partial charge is 0.462 e. The molecule has 0 spiro atoms. The number of esters is 1. The molecule has 0 saturated carbocycles. The van der Waals surface area contributed by atoms with Crippen LogP contribution in [-0.2, 0) is 17.2 Å². The van der Waals surface area contributed by atoms with Gasteiger partial charge in [0.2, 0.25) is 0 Å². The van der Waals surface area contributed by atoms with E-state index < -0.39 is 11.9 Å². The lowest BCUT2D eigenvalue weighted by Crippen LogP contribution is -2.13. The minimum Gasteiger partial charge on any atom is -0.462 e. The molecular formula is C23H20F2N2O2. The van der Waals surface area contributed by atoms with Gasteiger partial charge in [0, 0.05) is 29.5 Å². The van der Waals surface area contributed by atoms with Crippen LogP contribution in [0.5, 0.6) is 0 Å². The van der Waals surface area contributed by atoms with Gasteiger partial charge in [-0.15, -0.1) is 0 Å². The average Bonchev–Trinajstić information content (AvgIpc) is 3.09. The number of pyridine rings is 1. The first-order chi connectivity index (χ1) is 13.9. The van der Waals surface area contributed by atoms with E-state index in [2.05, 4.69) is 4.98 Å². The zero-order valence-electron chi connectivity index (χ0n) is 16.2. The van der Waals surface area contributed by atoms with Gasteiger partial charge in [0.1, 0.15) is 0 Å². The Morgan fingerprint density at radius 2 is 1.90 bits per heavy atom. The van der Waals surface area contributed by atoms with E-state index in [1.54, 1.807) is 19.2 Å². The van der Waals surface area contributed by atoms with E-state index in [0.29, 0.717) is 17.4 Å². The highest BCUT2D eigenvalue weighted by atomic mass is 19.3. The van der Waals surface area contributed by atoms with Gasteiger partial charge in [-0.3, -0.25) is 4.98 Å². The van der Waals surface area contributed by atoms with Crippen LogP contribution in [-0.4, -0.2) is 22.1 Å². The number of alkyl halides is 2. The Balaban J connectivity index is 1.82. The molecule has 0 aliphatic rings. The van der Waals surface area contributed by atoms with Crippen LogP contribution in [0.25, 0.3) is 21.8 Å². The molecule has 6 heteroatoms. The van der Waals surface area contributed by atoms with Crippen molar-refractivity contribution in [2.24, 2.45) is 0 Å². The van der Waals surface area contributed by atoms with Crippen LogP contribution in [0.3, 0.4) is 0 Å². The summed E-state index contributed by atoms with van der Waals surface area (Å²) in [5, 5.41) is 1.60. The van der Waals surface area contributed by atoms with Crippen LogP contribution in [0, 0.1) is 0 Å². The Morgan fingerprint density at radius 1 is 1.10 bits per heavy atom. The third kappa shape index (κ3) is 3.70. The summed E-state index contributed by atoms with van der Waals surface area (Å²) in [6.07, 6.45) is 1.78. The lowest BCUT2D eigenvalue weighted by Gasteiger charge is -2.15. The number of aromatic nitrogens is 2. The lowest BCUT2D eigenvalue weighted by atomic mass is 10.0. The Morgan fingerprint density at radius 3 is 2.66 bits per heavy atom. The molecule has 0 fully saturated rings. The molecule has 0 aliphatic carbocycles. The first kappa shape index (κ1) is 19.1. The normalized spacial score (nSPS) is 11.9. The first-order valence-electron chi connectivity index (χ1n) is 9.40. The Bertz CT molecular complexity index is 1210. The fourth-order valence-corrected chi connectivity index (χ4v) is 3.47. The van der Waals surface area contributed by atoms with Gasteiger partial charge < -0.3 is 9.30 Å². The fraction of sp³-hybridized carbons (Fsp3) is 0.217. The summed E-state index contributed by atoms with van der Waals surface area (Å²) >= 11 is 0. The number of hydrogen-bond donors (Lipinski definition) is 0. The van der Waals surface area contributed by atoms with Crippen molar-refractivity contribution in [3.63, 3.8) is 0 Å². The fourth-order valence-electron chi connectivity index (χ4n) is 3.47. The minimum absolute atomic E-state index is 0.131. The maximum absolute atomic E-state index is 13.9. The second-order valence-electron chi connectivity index (χ2n) is 7.01. The molecule has 4 nitrogen and oxygen atoms in total. The van der Waals surface area contributed by atoms with Crippen molar-refractivity contribution >= 4 is 27.8 Å². The molecule has 0 unspecified atom stereocenters. The van der Waals surface area contributed by atoms with Gasteiger partial charge >= 0.3 is 5.97 Å². The van der Waals surface area contributed by atoms with Crippen LogP contribution in [0.15, 0.2) is 60.8 Å². The summed E-state index contributed by atoms with van der Waals surface area (Å²) in [6.45, 7) is 3.08. The molecule has 0 bridgehead atoms. The maximum Gasteiger partial charge on any atom is 0.340 e. The molecule has 0 saturated heterocycles. The monoisotopic (exact) mass is 394 g/mol. The van der Waals surface area contributed by atoms with E-state index in [4.69, 9.17) is 4.74 Å². The summed E-state index contributed by atoms with van der Waals surface area (Å²) in [5.41, 5.74) is 2.16. The second kappa shape index (κ2) is 7.28. The molecule has 0 amide bonds. The summed E-state index contributed by atoms with van der Waals surface area (Å²) < 4.78 is 34.9. The number of ether oxygens (including phenoxy) is 1. The van der Waals surface area contributed by atoms with E-state index in [-0.39, 0.29) is 17.7 Å². The van der Waals surface area contributed by atoms with Crippen molar-refractivity contribution in [3.05, 3.63) is 77.6 Å². The Kier molecular flexibility index (Phi) is 4.78. The Labute approximate surface area is 166 Å². The zero-order valence-corrected chi connectivity index (χ0v) is 16.2. The molecule has 2 aromatic heterocycles. The third-order valence-electron chi connectivity index (χ3n) is 4.85. The van der Waals surface area contributed by atoms with Gasteiger partial charge in [-0.1, -0.05) is 24.3 Å². The van der Waals surface area contributed by atoms with Gasteiger partial charge in [-0.05, 0) is 37.3 Å². The first-order valence-corrected chi connectivity index (χ1v) is 9.40. The number of hydrogen-bond acceptors (Lipinski definition) is 3. The number of carbonyl (C=O) groups is 1. The topological polar surface area (TPSA) is 44.1 Å². The number of benzene rings is 2. The SMILES string of the molecule is CCOC(=O)c1cc(C(C)(F)F)cc2ccn(Cc3ccc4ccccc4n3)c12. The number of para-hydroxylation sites is 1. The number of rotatable bonds is 5. The number of nitrogens with zero attached hydrogens (tertiary/aromatic N) is 2. The second-order valence-corrected chi connectivity index (χ2v) is 7.01. The quantitative estimate of drug-likeness (QED) is 0.418. The molecule has 0 atom stereocenters. The smallest absolute Gasteiger partial charge is 0.340 e. The highest BCUT2D eigenvalue weighted by molar-refractivity contribution is 6.03. The van der Waals surface area contributed by atoms with Crippen molar-refractivity contribution in [1.82, 2.24) is 9.55 Å². The number of fused-ring (bicyclic) bond motifs is 2. The van der Waals surface area contributed by atoms with E-state index in [1.807, 2.05) is 41.0 Å². The lowest BCUT2D eigenvalue weighted by molar-refractivity contribution is 0.0175. The molecule has 2 heterocycles. The predicted molar refractivity (Wildman–Crippen MR) is 108 cm³/mol. The minimum atomic E-state index is -3.06. The summed E-state index contributed by atoms with van der Waals surface area (Å²) in [4.78, 5) is 17.2. The van der Waals surface area contributed by atoms with Crippen LogP contribution < -0.4 is 0 Å². The van der Waals surface area contributed by atoms with Crippen LogP contribution >= 0.6 is 0 Å². The molecule has 29 heavy (non-hydrogen) atoms. The van der Waals surface area contributed by atoms with E-state index in [0.717, 1.165) is 23.5 Å². The summed E-state index contributed by atoms with van der Waals surface area (Å²) in [7, 11) is 0. The Hall–Kier alpha value is -3.28. The highest BCUT2D eigenvalue weighted by Gasteiger charge is 2.28. The average molecular weight is 394 g/mol. The molecule has 2 aromatic carbocycles. The molecular weight excluding hydrogens is 374 g/mol. The van der Waals surface area contributed by atoms with Gasteiger partial charge in [0.05, 0.1) is 35.4 Å². The standard InChI is InChI=1S/C23H20F2N2O2/c1-3-29-22(28)19-13-17(23(2,24)25)12-16-10-11-27(21(16)19)14-18-9-8-15-6-4-5-7-20(15)26-18/h4-13H,3,14H2,1-2H3. The van der Waals surface area contributed by atoms with Gasteiger partial charge in [-0.2, -0.15) is 0 Å². The van der Waals surface area contributed by atoms with Crippen molar-refractivity contribution in [2.75, 3.05) is 6.61 Å². The predicted octanol–water partition coefficient (Wildman–Crippen LogP) is 5.53. The number of halogens is 2. The molecule has 148 valence electrons. The van der Waals surface area contributed by atoms with Gasteiger partial charge in [-0.25, -0.2) is 13.6 Å². The summed E-state index contributed by atoms with van der Waals surface area (Å²) in [6, 6.07) is 16.1. The molecule has 4 rings (SSSR count). The maximum atomic E-state index is 13.9. The van der Waals surface area contributed by atoms with Gasteiger partial charge in [0.25, 0.3) is 5.92 Å². The molecule has 0 radical (unpaired) electrons. The molecule has 4 aromatic rings. The van der Waals surface area contributed by atoms with E-state index in [9.17, 15) is 13.6 Å². The molecule has 0 aliphatic heterocycles. The third-order valence-corrected chi connectivity index (χ3v) is 4.85. The van der Waals surface area contributed by atoms with Crippen molar-refractivity contribution in [3.8, 4) is 0 Å². The van der Waals surface area contributed by atoms with Crippen molar-refractivity contribution in [2.45, 2.75) is 26.3 Å². The van der Waals surface area contributed by atoms with Crippen LogP contribution in [0.2, 0.25) is 0 Å². The number of carbonyl (C=O) groups excluding carboxylic acids is 1. The highest BCUT2D eigenvalue weighted by Crippen LogP contribution is 2.33. The zero-order chi connectivity index (χ0) is 20.6. The van der Waals surface area contributed by atoms with Crippen molar-refractivity contribution < 1.29 is 18.3 Å².